The molecule has 1 fully saturated rings. The first kappa shape index (κ1) is 18.0. The van der Waals surface area contributed by atoms with Crippen molar-refractivity contribution in [1.29, 1.82) is 0 Å². The summed E-state index contributed by atoms with van der Waals surface area (Å²) < 4.78 is 0. The first-order valence-electron chi connectivity index (χ1n) is 8.35. The number of anilines is 1. The first-order chi connectivity index (χ1) is 11.5. The van der Waals surface area contributed by atoms with E-state index in [9.17, 15) is 4.79 Å². The number of aliphatic imine (C=N–C) groups is 1. The highest BCUT2D eigenvalue weighted by molar-refractivity contribution is 5.86. The summed E-state index contributed by atoms with van der Waals surface area (Å²) in [4.78, 5) is 24.3. The molecule has 0 aromatic carbocycles. The minimum Gasteiger partial charge on any atom is -0.356 e. The van der Waals surface area contributed by atoms with Gasteiger partial charge in [0.1, 0.15) is 5.82 Å². The van der Waals surface area contributed by atoms with E-state index in [1.54, 1.807) is 26.0 Å². The van der Waals surface area contributed by atoms with E-state index in [0.29, 0.717) is 12.0 Å². The lowest BCUT2D eigenvalue weighted by molar-refractivity contribution is -0.127. The van der Waals surface area contributed by atoms with Gasteiger partial charge in [0.05, 0.1) is 6.54 Å². The van der Waals surface area contributed by atoms with Crippen molar-refractivity contribution in [2.75, 3.05) is 45.7 Å². The van der Waals surface area contributed by atoms with E-state index in [4.69, 9.17) is 0 Å². The van der Waals surface area contributed by atoms with Crippen LogP contribution in [-0.2, 0) is 4.79 Å². The molecule has 1 amide bonds. The second-order valence-electron chi connectivity index (χ2n) is 6.26. The number of aromatic nitrogens is 1. The second kappa shape index (κ2) is 8.52. The summed E-state index contributed by atoms with van der Waals surface area (Å²) in [5, 5.41) is 6.47. The Morgan fingerprint density at radius 1 is 1.38 bits per heavy atom. The molecule has 24 heavy (non-hydrogen) atoms. The Labute approximate surface area is 144 Å². The van der Waals surface area contributed by atoms with Crippen LogP contribution in [-0.4, -0.2) is 68.6 Å². The molecule has 2 N–H and O–H groups in total. The van der Waals surface area contributed by atoms with E-state index in [-0.39, 0.29) is 12.5 Å². The molecule has 0 atom stereocenters. The highest BCUT2D eigenvalue weighted by atomic mass is 16.2. The topological polar surface area (TPSA) is 72.9 Å². The molecule has 0 saturated carbocycles. The third kappa shape index (κ3) is 5.11. The third-order valence-electron chi connectivity index (χ3n) is 4.16. The van der Waals surface area contributed by atoms with Crippen molar-refractivity contribution in [3.8, 4) is 0 Å². The van der Waals surface area contributed by atoms with Crippen LogP contribution in [0.2, 0.25) is 0 Å². The summed E-state index contributed by atoms with van der Waals surface area (Å²) in [5.74, 6) is 1.75. The van der Waals surface area contributed by atoms with E-state index >= 15 is 0 Å². The standard InChI is InChI=1S/C17H28N6O/c1-13-6-5-7-15(20-13)23-10-8-14(9-11-23)21-17(18-2)19-12-16(24)22(3)4/h5-7,14H,8-12H2,1-4H3,(H2,18,19,21). The lowest BCUT2D eigenvalue weighted by Gasteiger charge is -2.34. The third-order valence-corrected chi connectivity index (χ3v) is 4.16. The number of carbonyl (C=O) groups is 1. The lowest BCUT2D eigenvalue weighted by atomic mass is 10.1. The zero-order valence-corrected chi connectivity index (χ0v) is 15.0. The van der Waals surface area contributed by atoms with Gasteiger partial charge in [0, 0.05) is 46.0 Å². The molecular weight excluding hydrogens is 304 g/mol. The van der Waals surface area contributed by atoms with Crippen LogP contribution in [0.15, 0.2) is 23.2 Å². The van der Waals surface area contributed by atoms with Crippen LogP contribution in [0.3, 0.4) is 0 Å². The Morgan fingerprint density at radius 3 is 2.67 bits per heavy atom. The van der Waals surface area contributed by atoms with Crippen LogP contribution in [0.25, 0.3) is 0 Å². The van der Waals surface area contributed by atoms with Gasteiger partial charge in [0.25, 0.3) is 0 Å². The van der Waals surface area contributed by atoms with Gasteiger partial charge in [-0.25, -0.2) is 4.98 Å². The summed E-state index contributed by atoms with van der Waals surface area (Å²) in [6, 6.07) is 6.48. The average molecular weight is 332 g/mol. The lowest BCUT2D eigenvalue weighted by Crippen LogP contribution is -2.50. The fraction of sp³-hybridized carbons (Fsp3) is 0.588. The van der Waals surface area contributed by atoms with Gasteiger partial charge in [0.2, 0.25) is 5.91 Å². The molecule has 2 rings (SSSR count). The SMILES string of the molecule is CN=C(NCC(=O)N(C)C)NC1CCN(c2cccc(C)n2)CC1. The molecule has 0 aliphatic carbocycles. The fourth-order valence-electron chi connectivity index (χ4n) is 2.66. The van der Waals surface area contributed by atoms with Gasteiger partial charge in [-0.1, -0.05) is 6.07 Å². The zero-order valence-electron chi connectivity index (χ0n) is 15.0. The van der Waals surface area contributed by atoms with Crippen LogP contribution in [0.4, 0.5) is 5.82 Å². The minimum atomic E-state index is 0.0262. The number of hydrogen-bond donors (Lipinski definition) is 2. The molecule has 1 saturated heterocycles. The number of likely N-dealkylation sites (N-methyl/N-ethyl adjacent to an activating group) is 1. The van der Waals surface area contributed by atoms with Crippen molar-refractivity contribution in [3.05, 3.63) is 23.9 Å². The molecule has 132 valence electrons. The molecule has 0 spiro atoms. The van der Waals surface area contributed by atoms with Gasteiger partial charge in [-0.05, 0) is 31.9 Å². The molecule has 1 aliphatic rings. The highest BCUT2D eigenvalue weighted by Crippen LogP contribution is 2.18. The van der Waals surface area contributed by atoms with Crippen molar-refractivity contribution < 1.29 is 4.79 Å². The smallest absolute Gasteiger partial charge is 0.241 e. The van der Waals surface area contributed by atoms with E-state index in [1.165, 1.54) is 0 Å². The molecule has 0 radical (unpaired) electrons. The molecule has 7 nitrogen and oxygen atoms in total. The summed E-state index contributed by atoms with van der Waals surface area (Å²) in [6.45, 7) is 4.19. The normalized spacial score (nSPS) is 16.0. The van der Waals surface area contributed by atoms with Gasteiger partial charge in [-0.15, -0.1) is 0 Å². The predicted molar refractivity (Wildman–Crippen MR) is 97.4 cm³/mol. The van der Waals surface area contributed by atoms with Crippen LogP contribution in [0.1, 0.15) is 18.5 Å². The Balaban J connectivity index is 1.80. The zero-order chi connectivity index (χ0) is 17.5. The predicted octanol–water partition coefficient (Wildman–Crippen LogP) is 0.612. The number of hydrogen-bond acceptors (Lipinski definition) is 4. The molecule has 0 bridgehead atoms. The van der Waals surface area contributed by atoms with Crippen LogP contribution in [0, 0.1) is 6.92 Å². The Morgan fingerprint density at radius 2 is 2.08 bits per heavy atom. The minimum absolute atomic E-state index is 0.0262. The Bertz CT molecular complexity index is 578. The van der Waals surface area contributed by atoms with E-state index in [0.717, 1.165) is 37.4 Å². The summed E-state index contributed by atoms with van der Waals surface area (Å²) in [5.41, 5.74) is 1.04. The maximum absolute atomic E-state index is 11.6. The number of piperidine rings is 1. The molecule has 1 aromatic heterocycles. The van der Waals surface area contributed by atoms with Crippen LogP contribution in [0.5, 0.6) is 0 Å². The number of pyridine rings is 1. The molecular formula is C17H28N6O. The number of nitrogens with one attached hydrogen (secondary N) is 2. The largest absolute Gasteiger partial charge is 0.356 e. The van der Waals surface area contributed by atoms with E-state index in [2.05, 4.69) is 37.6 Å². The Hall–Kier alpha value is -2.31. The number of carbonyl (C=O) groups excluding carboxylic acids is 1. The van der Waals surface area contributed by atoms with Crippen molar-refractivity contribution >= 4 is 17.7 Å². The van der Waals surface area contributed by atoms with Gasteiger partial charge in [-0.3, -0.25) is 9.79 Å². The van der Waals surface area contributed by atoms with E-state index in [1.807, 2.05) is 13.0 Å². The number of amides is 1. The highest BCUT2D eigenvalue weighted by Gasteiger charge is 2.21. The van der Waals surface area contributed by atoms with Gasteiger partial charge in [0.15, 0.2) is 5.96 Å². The van der Waals surface area contributed by atoms with Crippen molar-refractivity contribution in [3.63, 3.8) is 0 Å². The van der Waals surface area contributed by atoms with Crippen LogP contribution >= 0.6 is 0 Å². The number of aryl methyl sites for hydroxylation is 1. The molecule has 1 aliphatic heterocycles. The number of nitrogens with zero attached hydrogens (tertiary/aromatic N) is 4. The summed E-state index contributed by atoms with van der Waals surface area (Å²) in [6.07, 6.45) is 2.02. The van der Waals surface area contributed by atoms with Gasteiger partial charge < -0.3 is 20.4 Å². The molecule has 1 aromatic rings. The molecule has 0 unspecified atom stereocenters. The Kier molecular flexibility index (Phi) is 6.40. The quantitative estimate of drug-likeness (QED) is 0.624. The number of rotatable bonds is 4. The monoisotopic (exact) mass is 332 g/mol. The first-order valence-corrected chi connectivity index (χ1v) is 8.35. The fourth-order valence-corrected chi connectivity index (χ4v) is 2.66. The summed E-state index contributed by atoms with van der Waals surface area (Å²) in [7, 11) is 5.21. The number of guanidine groups is 1. The molecule has 7 heteroatoms. The molecule has 2 heterocycles. The van der Waals surface area contributed by atoms with Gasteiger partial charge >= 0.3 is 0 Å². The second-order valence-corrected chi connectivity index (χ2v) is 6.26. The van der Waals surface area contributed by atoms with Gasteiger partial charge in [-0.2, -0.15) is 0 Å². The van der Waals surface area contributed by atoms with Crippen molar-refractivity contribution in [2.24, 2.45) is 4.99 Å². The van der Waals surface area contributed by atoms with E-state index < -0.39 is 0 Å². The maximum Gasteiger partial charge on any atom is 0.241 e. The van der Waals surface area contributed by atoms with Crippen LogP contribution < -0.4 is 15.5 Å². The van der Waals surface area contributed by atoms with Crippen molar-refractivity contribution in [1.82, 2.24) is 20.5 Å². The van der Waals surface area contributed by atoms with Crippen molar-refractivity contribution in [2.45, 2.75) is 25.8 Å². The average Bonchev–Trinajstić information content (AvgIpc) is 2.58. The maximum atomic E-state index is 11.6. The summed E-state index contributed by atoms with van der Waals surface area (Å²) >= 11 is 0.